The Kier molecular flexibility index (Phi) is 6.35. The van der Waals surface area contributed by atoms with Gasteiger partial charge in [0.25, 0.3) is 0 Å². The van der Waals surface area contributed by atoms with Gasteiger partial charge in [0.05, 0.1) is 19.3 Å². The van der Waals surface area contributed by atoms with E-state index in [9.17, 15) is 4.79 Å². The predicted molar refractivity (Wildman–Crippen MR) is 68.9 cm³/mol. The van der Waals surface area contributed by atoms with E-state index in [1.807, 2.05) is 30.3 Å². The number of aliphatic hydroxyl groups excluding tert-OH is 2. The van der Waals surface area contributed by atoms with Crippen molar-refractivity contribution in [3.05, 3.63) is 35.9 Å². The molecule has 0 fully saturated rings. The zero-order valence-electron chi connectivity index (χ0n) is 10.3. The van der Waals surface area contributed by atoms with E-state index in [1.165, 1.54) is 0 Å². The van der Waals surface area contributed by atoms with Crippen LogP contribution in [0.2, 0.25) is 0 Å². The van der Waals surface area contributed by atoms with Crippen LogP contribution < -0.4 is 5.73 Å². The molecule has 0 saturated carbocycles. The molecular formula is C13H20N2O3. The molecule has 0 radical (unpaired) electrons. The molecule has 1 atom stereocenters. The summed E-state index contributed by atoms with van der Waals surface area (Å²) in [6, 6.07) is 9.04. The minimum Gasteiger partial charge on any atom is -0.395 e. The summed E-state index contributed by atoms with van der Waals surface area (Å²) in [4.78, 5) is 13.2. The number of hydrogen-bond donors (Lipinski definition) is 3. The third kappa shape index (κ3) is 4.44. The average molecular weight is 252 g/mol. The van der Waals surface area contributed by atoms with Gasteiger partial charge < -0.3 is 15.9 Å². The molecule has 0 aromatic heterocycles. The lowest BCUT2D eigenvalue weighted by Crippen LogP contribution is -2.48. The van der Waals surface area contributed by atoms with Gasteiger partial charge >= 0.3 is 0 Å². The van der Waals surface area contributed by atoms with E-state index >= 15 is 0 Å². The number of hydrogen-bond acceptors (Lipinski definition) is 4. The molecule has 5 nitrogen and oxygen atoms in total. The number of rotatable bonds is 8. The summed E-state index contributed by atoms with van der Waals surface area (Å²) in [6.45, 7) is 0.499. The molecule has 0 heterocycles. The molecule has 1 rings (SSSR count). The largest absolute Gasteiger partial charge is 0.395 e. The van der Waals surface area contributed by atoms with Crippen molar-refractivity contribution in [2.45, 2.75) is 12.5 Å². The fourth-order valence-electron chi connectivity index (χ4n) is 1.93. The summed E-state index contributed by atoms with van der Waals surface area (Å²) in [5.74, 6) is -0.444. The van der Waals surface area contributed by atoms with Crippen molar-refractivity contribution in [2.75, 3.05) is 26.3 Å². The third-order valence-corrected chi connectivity index (χ3v) is 2.82. The molecule has 0 aliphatic heterocycles. The molecule has 18 heavy (non-hydrogen) atoms. The second-order valence-corrected chi connectivity index (χ2v) is 4.09. The Balaban J connectivity index is 2.77. The molecule has 1 amide bonds. The molecule has 0 unspecified atom stereocenters. The summed E-state index contributed by atoms with van der Waals surface area (Å²) in [6.07, 6.45) is 0.482. The Morgan fingerprint density at radius 2 is 1.72 bits per heavy atom. The van der Waals surface area contributed by atoms with Gasteiger partial charge in [-0.15, -0.1) is 0 Å². The number of benzene rings is 1. The average Bonchev–Trinajstić information content (AvgIpc) is 2.37. The topological polar surface area (TPSA) is 86.8 Å². The zero-order valence-corrected chi connectivity index (χ0v) is 10.3. The number of aliphatic hydroxyl groups is 2. The first kappa shape index (κ1) is 14.6. The van der Waals surface area contributed by atoms with Crippen molar-refractivity contribution in [2.24, 2.45) is 5.73 Å². The fraction of sp³-hybridized carbons (Fsp3) is 0.462. The van der Waals surface area contributed by atoms with Crippen molar-refractivity contribution in [1.82, 2.24) is 4.90 Å². The second kappa shape index (κ2) is 7.81. The Bertz CT molecular complexity index is 351. The van der Waals surface area contributed by atoms with Crippen molar-refractivity contribution in [3.63, 3.8) is 0 Å². The van der Waals surface area contributed by atoms with E-state index < -0.39 is 11.9 Å². The number of nitrogens with zero attached hydrogens (tertiary/aromatic N) is 1. The number of nitrogens with two attached hydrogens (primary N) is 1. The molecule has 0 aliphatic carbocycles. The van der Waals surface area contributed by atoms with Gasteiger partial charge in [-0.05, 0) is 12.0 Å². The van der Waals surface area contributed by atoms with Crippen LogP contribution in [0.25, 0.3) is 0 Å². The lowest BCUT2D eigenvalue weighted by Gasteiger charge is -2.28. The Hall–Kier alpha value is -1.43. The van der Waals surface area contributed by atoms with Crippen molar-refractivity contribution in [3.8, 4) is 0 Å². The molecular weight excluding hydrogens is 232 g/mol. The van der Waals surface area contributed by atoms with Gasteiger partial charge in [0, 0.05) is 13.1 Å². The normalized spacial score (nSPS) is 12.6. The maximum absolute atomic E-state index is 11.5. The van der Waals surface area contributed by atoms with E-state index in [0.29, 0.717) is 19.5 Å². The van der Waals surface area contributed by atoms with Crippen LogP contribution in [-0.4, -0.2) is 53.4 Å². The zero-order chi connectivity index (χ0) is 13.4. The van der Waals surface area contributed by atoms with Gasteiger partial charge in [0.2, 0.25) is 5.91 Å². The predicted octanol–water partition coefficient (Wildman–Crippen LogP) is -0.630. The second-order valence-electron chi connectivity index (χ2n) is 4.09. The van der Waals surface area contributed by atoms with Gasteiger partial charge in [-0.25, -0.2) is 0 Å². The van der Waals surface area contributed by atoms with E-state index in [-0.39, 0.29) is 13.2 Å². The van der Waals surface area contributed by atoms with Gasteiger partial charge in [-0.2, -0.15) is 0 Å². The summed E-state index contributed by atoms with van der Waals surface area (Å²) < 4.78 is 0. The van der Waals surface area contributed by atoms with Crippen LogP contribution in [0.4, 0.5) is 0 Å². The van der Waals surface area contributed by atoms with E-state index in [0.717, 1.165) is 5.56 Å². The summed E-state index contributed by atoms with van der Waals surface area (Å²) >= 11 is 0. The molecule has 0 spiro atoms. The number of carbonyl (C=O) groups is 1. The fourth-order valence-corrected chi connectivity index (χ4v) is 1.93. The van der Waals surface area contributed by atoms with E-state index in [2.05, 4.69) is 0 Å². The van der Waals surface area contributed by atoms with Crippen molar-refractivity contribution < 1.29 is 15.0 Å². The lowest BCUT2D eigenvalue weighted by atomic mass is 10.0. The molecule has 0 bridgehead atoms. The third-order valence-electron chi connectivity index (χ3n) is 2.82. The highest BCUT2D eigenvalue weighted by atomic mass is 16.3. The van der Waals surface area contributed by atoms with Crippen LogP contribution in [0.1, 0.15) is 5.56 Å². The van der Waals surface area contributed by atoms with Gasteiger partial charge in [-0.3, -0.25) is 9.69 Å². The monoisotopic (exact) mass is 252 g/mol. The maximum atomic E-state index is 11.5. The number of amides is 1. The molecule has 1 aromatic carbocycles. The van der Waals surface area contributed by atoms with Crippen LogP contribution in [0.3, 0.4) is 0 Å². The standard InChI is InChI=1S/C13H20N2O3/c14-13(18)12(15(6-8-16)7-9-17)10-11-4-2-1-3-5-11/h1-5,12,16-17H,6-10H2,(H2,14,18)/t12-/m0/s1. The van der Waals surface area contributed by atoms with Crippen LogP contribution in [0.15, 0.2) is 30.3 Å². The van der Waals surface area contributed by atoms with Crippen molar-refractivity contribution in [1.29, 1.82) is 0 Å². The quantitative estimate of drug-likeness (QED) is 0.575. The van der Waals surface area contributed by atoms with Crippen molar-refractivity contribution >= 4 is 5.91 Å². The Morgan fingerprint density at radius 1 is 1.17 bits per heavy atom. The van der Waals surface area contributed by atoms with Crippen LogP contribution >= 0.6 is 0 Å². The first-order valence-electron chi connectivity index (χ1n) is 5.98. The van der Waals surface area contributed by atoms with Gasteiger partial charge in [0.15, 0.2) is 0 Å². The molecule has 0 aliphatic rings. The molecule has 5 heteroatoms. The minimum atomic E-state index is -0.508. The maximum Gasteiger partial charge on any atom is 0.235 e. The molecule has 100 valence electrons. The molecule has 1 aromatic rings. The minimum absolute atomic E-state index is 0.0709. The van der Waals surface area contributed by atoms with Crippen LogP contribution in [0.5, 0.6) is 0 Å². The van der Waals surface area contributed by atoms with Crippen LogP contribution in [0, 0.1) is 0 Å². The van der Waals surface area contributed by atoms with E-state index in [1.54, 1.807) is 4.90 Å². The highest BCUT2D eigenvalue weighted by molar-refractivity contribution is 5.80. The van der Waals surface area contributed by atoms with Gasteiger partial charge in [-0.1, -0.05) is 30.3 Å². The highest BCUT2D eigenvalue weighted by Crippen LogP contribution is 2.08. The molecule has 0 saturated heterocycles. The van der Waals surface area contributed by atoms with Gasteiger partial charge in [0.1, 0.15) is 0 Å². The number of carbonyl (C=O) groups excluding carboxylic acids is 1. The Morgan fingerprint density at radius 3 is 2.17 bits per heavy atom. The first-order valence-corrected chi connectivity index (χ1v) is 5.98. The number of primary amides is 1. The summed E-state index contributed by atoms with van der Waals surface area (Å²) in [5, 5.41) is 18.0. The summed E-state index contributed by atoms with van der Waals surface area (Å²) in [5.41, 5.74) is 6.40. The Labute approximate surface area is 107 Å². The lowest BCUT2D eigenvalue weighted by molar-refractivity contribution is -0.123. The SMILES string of the molecule is NC(=O)[C@H](Cc1ccccc1)N(CCO)CCO. The highest BCUT2D eigenvalue weighted by Gasteiger charge is 2.23. The molecule has 4 N–H and O–H groups in total. The first-order chi connectivity index (χ1) is 8.69. The summed E-state index contributed by atoms with van der Waals surface area (Å²) in [7, 11) is 0. The van der Waals surface area contributed by atoms with E-state index in [4.69, 9.17) is 15.9 Å². The van der Waals surface area contributed by atoms with Crippen LogP contribution in [-0.2, 0) is 11.2 Å². The smallest absolute Gasteiger partial charge is 0.235 e.